The molecular formula is C23H37ClN4O3. The van der Waals surface area contributed by atoms with Crippen LogP contribution in [0.2, 0.25) is 5.02 Å². The summed E-state index contributed by atoms with van der Waals surface area (Å²) in [7, 11) is 0. The normalized spacial score (nSPS) is 14.7. The van der Waals surface area contributed by atoms with Gasteiger partial charge in [-0.3, -0.25) is 0 Å². The van der Waals surface area contributed by atoms with Crippen LogP contribution in [0.1, 0.15) is 40.2 Å². The first-order chi connectivity index (χ1) is 14.6. The third-order valence-electron chi connectivity index (χ3n) is 5.34. The van der Waals surface area contributed by atoms with Gasteiger partial charge in [-0.2, -0.15) is 0 Å². The summed E-state index contributed by atoms with van der Waals surface area (Å²) in [6, 6.07) is 7.62. The lowest BCUT2D eigenvalue weighted by Crippen LogP contribution is -2.55. The Morgan fingerprint density at radius 1 is 0.968 bits per heavy atom. The molecule has 1 aliphatic heterocycles. The second kappa shape index (κ2) is 11.6. The van der Waals surface area contributed by atoms with E-state index in [4.69, 9.17) is 16.3 Å². The number of nitrogens with zero attached hydrogens (tertiary/aromatic N) is 4. The third-order valence-corrected chi connectivity index (χ3v) is 5.59. The van der Waals surface area contributed by atoms with Gasteiger partial charge in [0.05, 0.1) is 0 Å². The highest BCUT2D eigenvalue weighted by Gasteiger charge is 2.29. The van der Waals surface area contributed by atoms with Crippen molar-refractivity contribution in [1.29, 1.82) is 0 Å². The molecule has 0 bridgehead atoms. The molecule has 1 aliphatic rings. The number of halogens is 1. The number of carbonyl (C=O) groups is 2. The number of carbonyl (C=O) groups excluding carboxylic acids is 2. The minimum Gasteiger partial charge on any atom is -0.444 e. The van der Waals surface area contributed by atoms with Crippen molar-refractivity contribution in [2.45, 2.75) is 46.8 Å². The number of urea groups is 1. The highest BCUT2D eigenvalue weighted by atomic mass is 35.5. The molecule has 8 heteroatoms. The SMILES string of the molecule is CCN(CC)CCN(Cc1ccc(Cl)cc1)C(=O)N1CCN(C(=O)OC(C)(C)C)CC1. The van der Waals surface area contributed by atoms with Gasteiger partial charge in [0.2, 0.25) is 0 Å². The lowest BCUT2D eigenvalue weighted by Gasteiger charge is -2.38. The van der Waals surface area contributed by atoms with Crippen LogP contribution in [0.25, 0.3) is 0 Å². The fraction of sp³-hybridized carbons (Fsp3) is 0.652. The van der Waals surface area contributed by atoms with E-state index in [2.05, 4.69) is 18.7 Å². The van der Waals surface area contributed by atoms with Gasteiger partial charge in [-0.15, -0.1) is 0 Å². The van der Waals surface area contributed by atoms with Gasteiger partial charge in [-0.05, 0) is 51.6 Å². The maximum absolute atomic E-state index is 13.3. The van der Waals surface area contributed by atoms with E-state index in [1.165, 1.54) is 0 Å². The Balaban J connectivity index is 2.01. The summed E-state index contributed by atoms with van der Waals surface area (Å²) in [5.74, 6) is 0. The van der Waals surface area contributed by atoms with E-state index in [0.717, 1.165) is 25.2 Å². The summed E-state index contributed by atoms with van der Waals surface area (Å²) in [5, 5.41) is 0.683. The zero-order valence-corrected chi connectivity index (χ0v) is 20.3. The lowest BCUT2D eigenvalue weighted by atomic mass is 10.2. The quantitative estimate of drug-likeness (QED) is 0.623. The molecule has 0 spiro atoms. The van der Waals surface area contributed by atoms with E-state index in [9.17, 15) is 9.59 Å². The molecule has 0 aromatic heterocycles. The van der Waals surface area contributed by atoms with Crippen molar-refractivity contribution in [2.24, 2.45) is 0 Å². The van der Waals surface area contributed by atoms with Crippen LogP contribution in [0.5, 0.6) is 0 Å². The average molecular weight is 453 g/mol. The minimum atomic E-state index is -0.524. The minimum absolute atomic E-state index is 0.00550. The largest absolute Gasteiger partial charge is 0.444 e. The zero-order valence-electron chi connectivity index (χ0n) is 19.6. The van der Waals surface area contributed by atoms with Crippen LogP contribution in [-0.4, -0.2) is 89.7 Å². The predicted octanol–water partition coefficient (Wildman–Crippen LogP) is 4.16. The predicted molar refractivity (Wildman–Crippen MR) is 124 cm³/mol. The average Bonchev–Trinajstić information content (AvgIpc) is 2.73. The molecule has 1 aromatic rings. The molecule has 1 saturated heterocycles. The standard InChI is InChI=1S/C23H37ClN4O3/c1-6-25(7-2)12-13-28(18-19-8-10-20(24)11-9-19)21(29)26-14-16-27(17-15-26)22(30)31-23(3,4)5/h8-11H,6-7,12-18H2,1-5H3. The molecule has 0 N–H and O–H groups in total. The maximum Gasteiger partial charge on any atom is 0.410 e. The van der Waals surface area contributed by atoms with Gasteiger partial charge in [0, 0.05) is 50.8 Å². The summed E-state index contributed by atoms with van der Waals surface area (Å²) >= 11 is 6.01. The lowest BCUT2D eigenvalue weighted by molar-refractivity contribution is 0.0155. The van der Waals surface area contributed by atoms with Crippen molar-refractivity contribution < 1.29 is 14.3 Å². The van der Waals surface area contributed by atoms with E-state index < -0.39 is 5.60 Å². The fourth-order valence-electron chi connectivity index (χ4n) is 3.46. The molecule has 2 rings (SSSR count). The first kappa shape index (κ1) is 25.3. The van der Waals surface area contributed by atoms with Crippen LogP contribution < -0.4 is 0 Å². The number of benzene rings is 1. The molecule has 0 radical (unpaired) electrons. The monoisotopic (exact) mass is 452 g/mol. The molecule has 7 nitrogen and oxygen atoms in total. The van der Waals surface area contributed by atoms with Gasteiger partial charge in [-0.1, -0.05) is 37.6 Å². The Morgan fingerprint density at radius 3 is 2.03 bits per heavy atom. The van der Waals surface area contributed by atoms with Gasteiger partial charge < -0.3 is 24.3 Å². The number of ether oxygens (including phenoxy) is 1. The third kappa shape index (κ3) is 8.22. The molecule has 0 atom stereocenters. The van der Waals surface area contributed by atoms with E-state index in [1.54, 1.807) is 4.90 Å². The molecule has 1 aromatic carbocycles. The summed E-state index contributed by atoms with van der Waals surface area (Å²) in [5.41, 5.74) is 0.522. The number of likely N-dealkylation sites (N-methyl/N-ethyl adjacent to an activating group) is 1. The molecule has 1 fully saturated rings. The summed E-state index contributed by atoms with van der Waals surface area (Å²) in [6.07, 6.45) is -0.320. The van der Waals surface area contributed by atoms with Crippen LogP contribution in [0.4, 0.5) is 9.59 Å². The second-order valence-corrected chi connectivity index (χ2v) is 9.25. The second-order valence-electron chi connectivity index (χ2n) is 8.81. The highest BCUT2D eigenvalue weighted by Crippen LogP contribution is 2.15. The topological polar surface area (TPSA) is 56.3 Å². The van der Waals surface area contributed by atoms with Crippen molar-refractivity contribution in [2.75, 3.05) is 52.4 Å². The number of amides is 3. The van der Waals surface area contributed by atoms with Gasteiger partial charge >= 0.3 is 12.1 Å². The van der Waals surface area contributed by atoms with E-state index in [0.29, 0.717) is 44.3 Å². The van der Waals surface area contributed by atoms with Crippen molar-refractivity contribution >= 4 is 23.7 Å². The number of piperazine rings is 1. The summed E-state index contributed by atoms with van der Waals surface area (Å²) < 4.78 is 5.46. The summed E-state index contributed by atoms with van der Waals surface area (Å²) in [4.78, 5) is 33.4. The van der Waals surface area contributed by atoms with Crippen LogP contribution in [-0.2, 0) is 11.3 Å². The Hall–Kier alpha value is -1.99. The Labute approximate surface area is 191 Å². The van der Waals surface area contributed by atoms with E-state index in [-0.39, 0.29) is 12.1 Å². The van der Waals surface area contributed by atoms with Crippen molar-refractivity contribution in [3.63, 3.8) is 0 Å². The van der Waals surface area contributed by atoms with Crippen molar-refractivity contribution in [1.82, 2.24) is 19.6 Å². The van der Waals surface area contributed by atoms with Crippen LogP contribution >= 0.6 is 11.6 Å². The molecule has 0 aliphatic carbocycles. The van der Waals surface area contributed by atoms with Gasteiger partial charge in [0.1, 0.15) is 5.60 Å². The van der Waals surface area contributed by atoms with Crippen LogP contribution in [0, 0.1) is 0 Å². The van der Waals surface area contributed by atoms with Crippen LogP contribution in [0.15, 0.2) is 24.3 Å². The Kier molecular flexibility index (Phi) is 9.44. The van der Waals surface area contributed by atoms with E-state index in [1.807, 2.05) is 54.8 Å². The highest BCUT2D eigenvalue weighted by molar-refractivity contribution is 6.30. The molecule has 3 amide bonds. The molecule has 0 unspecified atom stereocenters. The molecule has 0 saturated carbocycles. The maximum atomic E-state index is 13.3. The number of hydrogen-bond donors (Lipinski definition) is 0. The fourth-order valence-corrected chi connectivity index (χ4v) is 3.59. The first-order valence-electron chi connectivity index (χ1n) is 11.1. The van der Waals surface area contributed by atoms with Crippen molar-refractivity contribution in [3.8, 4) is 0 Å². The first-order valence-corrected chi connectivity index (χ1v) is 11.5. The van der Waals surface area contributed by atoms with Gasteiger partial charge in [-0.25, -0.2) is 9.59 Å². The summed E-state index contributed by atoms with van der Waals surface area (Å²) in [6.45, 7) is 15.7. The molecule has 1 heterocycles. The Bertz CT molecular complexity index is 709. The molecular weight excluding hydrogens is 416 g/mol. The molecule has 174 valence electrons. The smallest absolute Gasteiger partial charge is 0.410 e. The van der Waals surface area contributed by atoms with Gasteiger partial charge in [0.25, 0.3) is 0 Å². The number of rotatable bonds is 7. The number of hydrogen-bond acceptors (Lipinski definition) is 4. The molecule has 31 heavy (non-hydrogen) atoms. The zero-order chi connectivity index (χ0) is 23.0. The Morgan fingerprint density at radius 2 is 1.52 bits per heavy atom. The van der Waals surface area contributed by atoms with Crippen molar-refractivity contribution in [3.05, 3.63) is 34.9 Å². The van der Waals surface area contributed by atoms with Crippen LogP contribution in [0.3, 0.4) is 0 Å². The van der Waals surface area contributed by atoms with E-state index >= 15 is 0 Å². The van der Waals surface area contributed by atoms with Gasteiger partial charge in [0.15, 0.2) is 0 Å².